The Bertz CT molecular complexity index is 552. The number of H-pyrrole nitrogens is 1. The highest BCUT2D eigenvalue weighted by molar-refractivity contribution is 5.27. The molecule has 3 rings (SSSR count). The summed E-state index contributed by atoms with van der Waals surface area (Å²) in [6.07, 6.45) is 8.24. The van der Waals surface area contributed by atoms with Gasteiger partial charge in [0.05, 0.1) is 11.5 Å². The standard InChI is InChI=1S/C16H19FN2O/c17-13-7-5-12(6-8-13)16(20)9-3-1-2-4-14(16)15-18-10-11-19-15/h5-8,10-11,14,20H,1-4,9H2,(H,18,19)/t14-,16-/m0/s1. The number of halogens is 1. The lowest BCUT2D eigenvalue weighted by atomic mass is 9.77. The number of hydrogen-bond acceptors (Lipinski definition) is 2. The Balaban J connectivity index is 2.02. The molecule has 0 amide bonds. The number of aliphatic hydroxyl groups is 1. The zero-order valence-corrected chi connectivity index (χ0v) is 11.3. The number of hydrogen-bond donors (Lipinski definition) is 2. The van der Waals surface area contributed by atoms with Gasteiger partial charge in [0.1, 0.15) is 11.6 Å². The van der Waals surface area contributed by atoms with E-state index in [-0.39, 0.29) is 11.7 Å². The first-order valence-electron chi connectivity index (χ1n) is 7.18. The molecule has 106 valence electrons. The van der Waals surface area contributed by atoms with E-state index in [1.165, 1.54) is 12.1 Å². The second-order valence-corrected chi connectivity index (χ2v) is 5.56. The third-order valence-electron chi connectivity index (χ3n) is 4.32. The van der Waals surface area contributed by atoms with Crippen LogP contribution in [0.2, 0.25) is 0 Å². The van der Waals surface area contributed by atoms with E-state index in [2.05, 4.69) is 9.97 Å². The van der Waals surface area contributed by atoms with Gasteiger partial charge in [-0.05, 0) is 30.5 Å². The number of nitrogens with one attached hydrogen (secondary N) is 1. The van der Waals surface area contributed by atoms with Gasteiger partial charge in [-0.3, -0.25) is 0 Å². The molecule has 1 aliphatic rings. The highest BCUT2D eigenvalue weighted by Gasteiger charge is 2.41. The molecule has 0 aliphatic heterocycles. The fourth-order valence-electron chi connectivity index (χ4n) is 3.25. The van der Waals surface area contributed by atoms with E-state index in [1.807, 2.05) is 0 Å². The van der Waals surface area contributed by atoms with Crippen molar-refractivity contribution in [2.24, 2.45) is 0 Å². The van der Waals surface area contributed by atoms with Crippen LogP contribution in [0.4, 0.5) is 4.39 Å². The smallest absolute Gasteiger partial charge is 0.123 e. The van der Waals surface area contributed by atoms with E-state index in [4.69, 9.17) is 0 Å². The van der Waals surface area contributed by atoms with Crippen molar-refractivity contribution in [2.75, 3.05) is 0 Å². The van der Waals surface area contributed by atoms with E-state index in [1.54, 1.807) is 24.5 Å². The van der Waals surface area contributed by atoms with E-state index >= 15 is 0 Å². The molecule has 1 heterocycles. The molecule has 2 N–H and O–H groups in total. The Kier molecular flexibility index (Phi) is 3.57. The molecule has 0 unspecified atom stereocenters. The Labute approximate surface area is 117 Å². The summed E-state index contributed by atoms with van der Waals surface area (Å²) in [6, 6.07) is 6.21. The van der Waals surface area contributed by atoms with Crippen LogP contribution in [0.3, 0.4) is 0 Å². The van der Waals surface area contributed by atoms with Crippen LogP contribution in [0.25, 0.3) is 0 Å². The van der Waals surface area contributed by atoms with Gasteiger partial charge >= 0.3 is 0 Å². The summed E-state index contributed by atoms with van der Waals surface area (Å²) in [5.74, 6) is 0.477. The molecule has 0 bridgehead atoms. The second-order valence-electron chi connectivity index (χ2n) is 5.56. The minimum absolute atomic E-state index is 0.0644. The normalized spacial score (nSPS) is 27.2. The fourth-order valence-corrected chi connectivity index (χ4v) is 3.25. The Morgan fingerprint density at radius 1 is 1.20 bits per heavy atom. The largest absolute Gasteiger partial charge is 0.384 e. The Morgan fingerprint density at radius 2 is 2.00 bits per heavy atom. The predicted octanol–water partition coefficient (Wildman–Crippen LogP) is 3.48. The lowest BCUT2D eigenvalue weighted by Crippen LogP contribution is -2.33. The van der Waals surface area contributed by atoms with Gasteiger partial charge in [0, 0.05) is 12.4 Å². The fraction of sp³-hybridized carbons (Fsp3) is 0.438. The van der Waals surface area contributed by atoms with Crippen molar-refractivity contribution in [3.05, 3.63) is 53.9 Å². The van der Waals surface area contributed by atoms with Crippen molar-refractivity contribution in [3.8, 4) is 0 Å². The topological polar surface area (TPSA) is 48.9 Å². The van der Waals surface area contributed by atoms with E-state index in [9.17, 15) is 9.50 Å². The van der Waals surface area contributed by atoms with E-state index in [0.717, 1.165) is 37.1 Å². The maximum absolute atomic E-state index is 13.1. The average Bonchev–Trinajstić information content (AvgIpc) is 2.90. The molecule has 4 heteroatoms. The molecular formula is C16H19FN2O. The van der Waals surface area contributed by atoms with Crippen molar-refractivity contribution in [3.63, 3.8) is 0 Å². The van der Waals surface area contributed by atoms with Crippen LogP contribution >= 0.6 is 0 Å². The van der Waals surface area contributed by atoms with Crippen LogP contribution in [0, 0.1) is 5.82 Å². The van der Waals surface area contributed by atoms with Crippen LogP contribution < -0.4 is 0 Å². The minimum Gasteiger partial charge on any atom is -0.384 e. The van der Waals surface area contributed by atoms with Crippen LogP contribution in [-0.2, 0) is 5.60 Å². The van der Waals surface area contributed by atoms with Crippen LogP contribution in [0.15, 0.2) is 36.7 Å². The molecule has 2 atom stereocenters. The number of nitrogens with zero attached hydrogens (tertiary/aromatic N) is 1. The summed E-state index contributed by atoms with van der Waals surface area (Å²) in [4.78, 5) is 7.46. The quantitative estimate of drug-likeness (QED) is 0.824. The maximum Gasteiger partial charge on any atom is 0.123 e. The highest BCUT2D eigenvalue weighted by atomic mass is 19.1. The first-order valence-corrected chi connectivity index (χ1v) is 7.18. The molecule has 2 aromatic rings. The van der Waals surface area contributed by atoms with Crippen molar-refractivity contribution in [1.29, 1.82) is 0 Å². The second kappa shape index (κ2) is 5.37. The summed E-state index contributed by atoms with van der Waals surface area (Å²) in [5.41, 5.74) is -0.190. The molecule has 1 saturated carbocycles. The maximum atomic E-state index is 13.1. The summed E-state index contributed by atoms with van der Waals surface area (Å²) < 4.78 is 13.1. The van der Waals surface area contributed by atoms with Gasteiger partial charge in [0.25, 0.3) is 0 Å². The van der Waals surface area contributed by atoms with Crippen molar-refractivity contribution >= 4 is 0 Å². The van der Waals surface area contributed by atoms with Crippen molar-refractivity contribution in [2.45, 2.75) is 43.6 Å². The van der Waals surface area contributed by atoms with Crippen LogP contribution in [0.1, 0.15) is 49.4 Å². The van der Waals surface area contributed by atoms with E-state index in [0.29, 0.717) is 6.42 Å². The third kappa shape index (κ3) is 2.36. The lowest BCUT2D eigenvalue weighted by Gasteiger charge is -2.34. The minimum atomic E-state index is -0.970. The molecule has 0 saturated heterocycles. The van der Waals surface area contributed by atoms with E-state index < -0.39 is 5.60 Å². The molecule has 0 spiro atoms. The van der Waals surface area contributed by atoms with Crippen molar-refractivity contribution < 1.29 is 9.50 Å². The molecule has 1 aliphatic carbocycles. The summed E-state index contributed by atoms with van der Waals surface area (Å²) in [7, 11) is 0. The van der Waals surface area contributed by atoms with Crippen LogP contribution in [-0.4, -0.2) is 15.1 Å². The first kappa shape index (κ1) is 13.3. The molecule has 1 fully saturated rings. The summed E-state index contributed by atoms with van der Waals surface area (Å²) in [6.45, 7) is 0. The molecule has 20 heavy (non-hydrogen) atoms. The Morgan fingerprint density at radius 3 is 2.70 bits per heavy atom. The third-order valence-corrected chi connectivity index (χ3v) is 4.32. The van der Waals surface area contributed by atoms with Gasteiger partial charge in [-0.25, -0.2) is 9.37 Å². The highest BCUT2D eigenvalue weighted by Crippen LogP contribution is 2.45. The number of rotatable bonds is 2. The van der Waals surface area contributed by atoms with Gasteiger partial charge in [-0.2, -0.15) is 0 Å². The first-order chi connectivity index (χ1) is 9.70. The summed E-state index contributed by atoms with van der Waals surface area (Å²) >= 11 is 0. The molecular weight excluding hydrogens is 255 g/mol. The molecule has 1 aromatic heterocycles. The zero-order valence-electron chi connectivity index (χ0n) is 11.3. The number of aromatic amines is 1. The summed E-state index contributed by atoms with van der Waals surface area (Å²) in [5, 5.41) is 11.3. The van der Waals surface area contributed by atoms with Gasteiger partial charge in [-0.15, -0.1) is 0 Å². The number of aromatic nitrogens is 2. The van der Waals surface area contributed by atoms with Gasteiger partial charge in [0.2, 0.25) is 0 Å². The Hall–Kier alpha value is -1.68. The van der Waals surface area contributed by atoms with Crippen molar-refractivity contribution in [1.82, 2.24) is 9.97 Å². The molecule has 0 radical (unpaired) electrons. The monoisotopic (exact) mass is 274 g/mol. The molecule has 3 nitrogen and oxygen atoms in total. The lowest BCUT2D eigenvalue weighted by molar-refractivity contribution is -0.00232. The van der Waals surface area contributed by atoms with Gasteiger partial charge in [0.15, 0.2) is 0 Å². The average molecular weight is 274 g/mol. The number of benzene rings is 1. The zero-order chi connectivity index (χ0) is 14.0. The molecule has 1 aromatic carbocycles. The predicted molar refractivity (Wildman–Crippen MR) is 74.7 cm³/mol. The van der Waals surface area contributed by atoms with Gasteiger partial charge < -0.3 is 10.1 Å². The number of imidazole rings is 1. The van der Waals surface area contributed by atoms with Gasteiger partial charge in [-0.1, -0.05) is 31.4 Å². The SMILES string of the molecule is O[C@]1(c2ccc(F)cc2)CCCCC[C@H]1c1ncc[nH]1. The van der Waals surface area contributed by atoms with Crippen LogP contribution in [0.5, 0.6) is 0 Å².